The summed E-state index contributed by atoms with van der Waals surface area (Å²) in [6.07, 6.45) is 3.15. The predicted molar refractivity (Wildman–Crippen MR) is 168 cm³/mol. The molecule has 2 amide bonds. The lowest BCUT2D eigenvalue weighted by Crippen LogP contribution is -2.52. The zero-order valence-corrected chi connectivity index (χ0v) is 26.9. The van der Waals surface area contributed by atoms with E-state index >= 15 is 0 Å². The zero-order chi connectivity index (χ0) is 32.8. The highest BCUT2D eigenvalue weighted by atomic mass is 32.2. The number of benzene rings is 1. The van der Waals surface area contributed by atoms with Crippen molar-refractivity contribution in [3.8, 4) is 5.75 Å². The van der Waals surface area contributed by atoms with E-state index in [0.717, 1.165) is 10.1 Å². The molecule has 46 heavy (non-hydrogen) atoms. The number of amides is 2. The van der Waals surface area contributed by atoms with Crippen molar-refractivity contribution in [2.24, 2.45) is 0 Å². The highest BCUT2D eigenvalue weighted by Crippen LogP contribution is 2.27. The number of sulfonamides is 1. The van der Waals surface area contributed by atoms with Crippen LogP contribution in [0.3, 0.4) is 0 Å². The molecule has 2 atom stereocenters. The first kappa shape index (κ1) is 32.9. The molecule has 0 bridgehead atoms. The first-order chi connectivity index (χ1) is 22.0. The number of nitrogens with one attached hydrogen (secondary N) is 2. The number of esters is 1. The Balaban J connectivity index is 1.20. The van der Waals surface area contributed by atoms with E-state index in [0.29, 0.717) is 55.9 Å². The summed E-state index contributed by atoms with van der Waals surface area (Å²) >= 11 is 0. The third-order valence-corrected chi connectivity index (χ3v) is 9.87. The standard InChI is InChI=1S/C31H39N7O7S/c1-21(2)44-30(40)25(34-28(39)26-7-6-14-38(26)46(42,43)29-22(3)20-33-35-29)19-23-9-11-24(12-10-23)45-31(41)37-17-15-36(16-18-37)27-8-4-5-13-32-27/h4-5,8-13,20-21,25-26H,6-7,14-19H2,1-3H3,(H,33,35)(H,34,39)/t25-,26-/m0/s1. The number of pyridine rings is 1. The first-order valence-electron chi connectivity index (χ1n) is 15.3. The summed E-state index contributed by atoms with van der Waals surface area (Å²) in [5.41, 5.74) is 1.13. The fourth-order valence-electron chi connectivity index (χ4n) is 5.53. The number of nitrogens with zero attached hydrogens (tertiary/aromatic N) is 5. The van der Waals surface area contributed by atoms with Gasteiger partial charge in [-0.2, -0.15) is 9.40 Å². The number of hydrogen-bond acceptors (Lipinski definition) is 10. The lowest BCUT2D eigenvalue weighted by Gasteiger charge is -2.34. The molecule has 4 heterocycles. The third kappa shape index (κ3) is 7.65. The SMILES string of the molecule is Cc1cn[nH]c1S(=O)(=O)N1CCC[C@H]1C(=O)N[C@@H](Cc1ccc(OC(=O)N2CCN(c3ccccn3)CC2)cc1)C(=O)OC(C)C. The van der Waals surface area contributed by atoms with Gasteiger partial charge >= 0.3 is 12.1 Å². The predicted octanol–water partition coefficient (Wildman–Crippen LogP) is 2.27. The smallest absolute Gasteiger partial charge is 0.415 e. The van der Waals surface area contributed by atoms with Gasteiger partial charge in [0.25, 0.3) is 10.0 Å². The van der Waals surface area contributed by atoms with Gasteiger partial charge in [0.15, 0.2) is 5.03 Å². The van der Waals surface area contributed by atoms with Gasteiger partial charge in [-0.3, -0.25) is 9.89 Å². The van der Waals surface area contributed by atoms with Crippen LogP contribution in [-0.2, 0) is 30.8 Å². The summed E-state index contributed by atoms with van der Waals surface area (Å²) in [4.78, 5) is 47.4. The maximum Gasteiger partial charge on any atom is 0.415 e. The number of carbonyl (C=O) groups is 3. The summed E-state index contributed by atoms with van der Waals surface area (Å²) in [6.45, 7) is 7.46. The molecule has 0 spiro atoms. The summed E-state index contributed by atoms with van der Waals surface area (Å²) < 4.78 is 38.8. The van der Waals surface area contributed by atoms with Crippen LogP contribution in [0.5, 0.6) is 5.75 Å². The van der Waals surface area contributed by atoms with Gasteiger partial charge in [-0.25, -0.2) is 23.0 Å². The maximum atomic E-state index is 13.5. The van der Waals surface area contributed by atoms with Crippen LogP contribution >= 0.6 is 0 Å². The molecular weight excluding hydrogens is 614 g/mol. The van der Waals surface area contributed by atoms with Crippen LogP contribution in [0.1, 0.15) is 37.8 Å². The minimum absolute atomic E-state index is 0.0597. The van der Waals surface area contributed by atoms with Crippen LogP contribution in [0.4, 0.5) is 10.6 Å². The second-order valence-electron chi connectivity index (χ2n) is 11.6. The number of aromatic nitrogens is 3. The number of hydrogen-bond donors (Lipinski definition) is 2. The maximum absolute atomic E-state index is 13.5. The Kier molecular flexibility index (Phi) is 10.2. The van der Waals surface area contributed by atoms with E-state index in [1.165, 1.54) is 6.20 Å². The van der Waals surface area contributed by atoms with Crippen molar-refractivity contribution < 1.29 is 32.3 Å². The fourth-order valence-corrected chi connectivity index (χ4v) is 7.30. The molecule has 2 aromatic heterocycles. The van der Waals surface area contributed by atoms with E-state index in [9.17, 15) is 22.8 Å². The number of aryl methyl sites for hydroxylation is 1. The van der Waals surface area contributed by atoms with Crippen molar-refractivity contribution >= 4 is 33.8 Å². The normalized spacial score (nSPS) is 18.0. The second kappa shape index (κ2) is 14.3. The summed E-state index contributed by atoms with van der Waals surface area (Å²) in [5.74, 6) is -0.0157. The molecule has 2 saturated heterocycles. The molecule has 2 aliphatic rings. The van der Waals surface area contributed by atoms with Crippen LogP contribution in [0.15, 0.2) is 59.9 Å². The topological polar surface area (TPSA) is 167 Å². The second-order valence-corrected chi connectivity index (χ2v) is 13.4. The van der Waals surface area contributed by atoms with Gasteiger partial charge < -0.3 is 24.6 Å². The van der Waals surface area contributed by atoms with E-state index in [1.807, 2.05) is 18.2 Å². The zero-order valence-electron chi connectivity index (χ0n) is 26.1. The molecule has 3 aromatic rings. The van der Waals surface area contributed by atoms with Gasteiger partial charge in [0, 0.05) is 50.9 Å². The van der Waals surface area contributed by atoms with Crippen molar-refractivity contribution in [2.45, 2.75) is 63.2 Å². The van der Waals surface area contributed by atoms with Crippen molar-refractivity contribution in [1.82, 2.24) is 29.7 Å². The first-order valence-corrected chi connectivity index (χ1v) is 16.7. The number of piperazine rings is 1. The van der Waals surface area contributed by atoms with Crippen LogP contribution in [-0.4, -0.2) is 102 Å². The minimum atomic E-state index is -4.00. The highest BCUT2D eigenvalue weighted by Gasteiger charge is 2.42. The minimum Gasteiger partial charge on any atom is -0.461 e. The van der Waals surface area contributed by atoms with Gasteiger partial charge in [0.05, 0.1) is 12.3 Å². The Morgan fingerprint density at radius 1 is 1.04 bits per heavy atom. The van der Waals surface area contributed by atoms with E-state index in [2.05, 4.69) is 25.4 Å². The molecule has 0 unspecified atom stereocenters. The van der Waals surface area contributed by atoms with Crippen molar-refractivity contribution in [2.75, 3.05) is 37.6 Å². The number of ether oxygens (including phenoxy) is 2. The molecule has 14 nitrogen and oxygen atoms in total. The molecule has 0 radical (unpaired) electrons. The third-order valence-electron chi connectivity index (χ3n) is 7.89. The Labute approximate surface area is 268 Å². The van der Waals surface area contributed by atoms with Crippen molar-refractivity contribution in [3.63, 3.8) is 0 Å². The average molecular weight is 654 g/mol. The van der Waals surface area contributed by atoms with E-state index < -0.39 is 46.2 Å². The Hall–Kier alpha value is -4.50. The molecule has 5 rings (SSSR count). The Morgan fingerprint density at radius 2 is 1.78 bits per heavy atom. The van der Waals surface area contributed by atoms with Gasteiger partial charge in [0.1, 0.15) is 23.7 Å². The molecule has 2 aliphatic heterocycles. The summed E-state index contributed by atoms with van der Waals surface area (Å²) in [7, 11) is -4.00. The number of aromatic amines is 1. The number of anilines is 1. The van der Waals surface area contributed by atoms with Gasteiger partial charge in [-0.05, 0) is 63.4 Å². The van der Waals surface area contributed by atoms with Crippen molar-refractivity contribution in [3.05, 3.63) is 66.0 Å². The van der Waals surface area contributed by atoms with Crippen LogP contribution in [0, 0.1) is 6.92 Å². The molecule has 15 heteroatoms. The molecule has 0 aliphatic carbocycles. The molecule has 246 valence electrons. The average Bonchev–Trinajstić information content (AvgIpc) is 3.72. The number of rotatable bonds is 10. The number of H-pyrrole nitrogens is 1. The quantitative estimate of drug-likeness (QED) is 0.310. The molecule has 2 fully saturated rings. The largest absolute Gasteiger partial charge is 0.461 e. The van der Waals surface area contributed by atoms with Crippen LogP contribution in [0.25, 0.3) is 0 Å². The fraction of sp³-hybridized carbons (Fsp3) is 0.452. The molecule has 1 aromatic carbocycles. The van der Waals surface area contributed by atoms with Crippen LogP contribution in [0.2, 0.25) is 0 Å². The van der Waals surface area contributed by atoms with Crippen molar-refractivity contribution in [1.29, 1.82) is 0 Å². The van der Waals surface area contributed by atoms with Gasteiger partial charge in [-0.15, -0.1) is 0 Å². The molecular formula is C31H39N7O7S. The summed E-state index contributed by atoms with van der Waals surface area (Å²) in [6, 6.07) is 10.3. The van der Waals surface area contributed by atoms with E-state index in [1.54, 1.807) is 56.1 Å². The van der Waals surface area contributed by atoms with E-state index in [-0.39, 0.29) is 18.0 Å². The lowest BCUT2D eigenvalue weighted by molar-refractivity contribution is -0.151. The van der Waals surface area contributed by atoms with Gasteiger partial charge in [-0.1, -0.05) is 18.2 Å². The Bertz CT molecular complexity index is 1620. The lowest BCUT2D eigenvalue weighted by atomic mass is 10.0. The van der Waals surface area contributed by atoms with E-state index in [4.69, 9.17) is 9.47 Å². The number of carbonyl (C=O) groups excluding carboxylic acids is 3. The summed E-state index contributed by atoms with van der Waals surface area (Å²) in [5, 5.41) is 9.00. The highest BCUT2D eigenvalue weighted by molar-refractivity contribution is 7.89. The Morgan fingerprint density at radius 3 is 2.41 bits per heavy atom. The monoisotopic (exact) mass is 653 g/mol. The van der Waals surface area contributed by atoms with Gasteiger partial charge in [0.2, 0.25) is 5.91 Å². The van der Waals surface area contributed by atoms with Crippen LogP contribution < -0.4 is 15.0 Å². The molecule has 0 saturated carbocycles. The molecule has 2 N–H and O–H groups in total.